The molecule has 15 heavy (non-hydrogen) atoms. The molecule has 0 saturated carbocycles. The number of benzene rings is 1. The third kappa shape index (κ3) is 1.52. The summed E-state index contributed by atoms with van der Waals surface area (Å²) in [6, 6.07) is 6.97. The van der Waals surface area contributed by atoms with E-state index in [0.717, 1.165) is 11.1 Å². The third-order valence-electron chi connectivity index (χ3n) is 2.80. The molecule has 0 N–H and O–H groups in total. The molecular weight excluding hydrogens is 194 g/mol. The molecule has 1 aromatic carbocycles. The lowest BCUT2D eigenvalue weighted by Crippen LogP contribution is -2.11. The van der Waals surface area contributed by atoms with Gasteiger partial charge in [0.05, 0.1) is 13.0 Å². The number of hydrogen-bond donors (Lipinski definition) is 0. The van der Waals surface area contributed by atoms with E-state index < -0.39 is 6.04 Å². The largest absolute Gasteiger partial charge is 0.469 e. The molecule has 0 fully saturated rings. The predicted molar refractivity (Wildman–Crippen MR) is 54.4 cm³/mol. The van der Waals surface area contributed by atoms with Crippen LogP contribution in [0.1, 0.15) is 29.5 Å². The van der Waals surface area contributed by atoms with E-state index in [1.165, 1.54) is 7.11 Å². The van der Waals surface area contributed by atoms with Crippen LogP contribution in [0, 0.1) is 4.91 Å². The van der Waals surface area contributed by atoms with E-state index in [0.29, 0.717) is 6.42 Å². The summed E-state index contributed by atoms with van der Waals surface area (Å²) in [4.78, 5) is 22.1. The number of ether oxygens (including phenoxy) is 1. The molecule has 0 saturated heterocycles. The van der Waals surface area contributed by atoms with Gasteiger partial charge >= 0.3 is 5.97 Å². The van der Waals surface area contributed by atoms with Crippen LogP contribution >= 0.6 is 0 Å². The number of rotatable bonds is 2. The number of carbonyl (C=O) groups excluding carboxylic acids is 1. The maximum absolute atomic E-state index is 11.5. The molecule has 4 heteroatoms. The van der Waals surface area contributed by atoms with Crippen LogP contribution < -0.4 is 0 Å². The molecule has 0 heterocycles. The van der Waals surface area contributed by atoms with Crippen LogP contribution in [0.4, 0.5) is 0 Å². The standard InChI is InChI=1S/C11H11NO3/c1-15-11(13)9-6-10(12-14)8-5-3-2-4-7(8)9/h2-5,9-10H,6H2,1H3. The molecule has 0 spiro atoms. The van der Waals surface area contributed by atoms with E-state index in [9.17, 15) is 9.70 Å². The third-order valence-corrected chi connectivity index (χ3v) is 2.80. The molecule has 2 unspecified atom stereocenters. The second-order valence-electron chi connectivity index (χ2n) is 3.56. The molecule has 78 valence electrons. The van der Waals surface area contributed by atoms with Gasteiger partial charge < -0.3 is 4.74 Å². The van der Waals surface area contributed by atoms with Crippen molar-refractivity contribution in [1.29, 1.82) is 0 Å². The summed E-state index contributed by atoms with van der Waals surface area (Å²) in [6.07, 6.45) is 0.426. The number of methoxy groups -OCH3 is 1. The van der Waals surface area contributed by atoms with Gasteiger partial charge in [-0.1, -0.05) is 29.4 Å². The minimum Gasteiger partial charge on any atom is -0.469 e. The number of esters is 1. The van der Waals surface area contributed by atoms with Crippen LogP contribution in [0.25, 0.3) is 0 Å². The summed E-state index contributed by atoms with van der Waals surface area (Å²) in [6.45, 7) is 0. The van der Waals surface area contributed by atoms with E-state index in [1.54, 1.807) is 0 Å². The Morgan fingerprint density at radius 1 is 1.40 bits per heavy atom. The lowest BCUT2D eigenvalue weighted by Gasteiger charge is -2.07. The van der Waals surface area contributed by atoms with Crippen molar-refractivity contribution in [2.75, 3.05) is 7.11 Å². The Kier molecular flexibility index (Phi) is 2.49. The molecule has 1 aliphatic carbocycles. The first-order valence-corrected chi connectivity index (χ1v) is 4.77. The summed E-state index contributed by atoms with van der Waals surface area (Å²) in [5.41, 5.74) is 1.72. The summed E-state index contributed by atoms with van der Waals surface area (Å²) in [7, 11) is 1.35. The number of fused-ring (bicyclic) bond motifs is 1. The Labute approximate surface area is 87.2 Å². The van der Waals surface area contributed by atoms with Gasteiger partial charge in [0.2, 0.25) is 0 Å². The molecule has 0 amide bonds. The van der Waals surface area contributed by atoms with Crippen molar-refractivity contribution in [2.45, 2.75) is 18.4 Å². The number of nitrogens with zero attached hydrogens (tertiary/aromatic N) is 1. The van der Waals surface area contributed by atoms with E-state index in [4.69, 9.17) is 4.74 Å². The van der Waals surface area contributed by atoms with Gasteiger partial charge in [0.25, 0.3) is 0 Å². The first-order chi connectivity index (χ1) is 7.27. The van der Waals surface area contributed by atoms with Crippen molar-refractivity contribution >= 4 is 5.97 Å². The Balaban J connectivity index is 2.41. The van der Waals surface area contributed by atoms with Gasteiger partial charge in [-0.3, -0.25) is 4.79 Å². The second kappa shape index (κ2) is 3.81. The van der Waals surface area contributed by atoms with Gasteiger partial charge in [-0.15, -0.1) is 0 Å². The minimum atomic E-state index is -0.412. The summed E-state index contributed by atoms with van der Waals surface area (Å²) in [5, 5.41) is 3.04. The lowest BCUT2D eigenvalue weighted by molar-refractivity contribution is -0.142. The van der Waals surface area contributed by atoms with Gasteiger partial charge in [0, 0.05) is 0 Å². The Morgan fingerprint density at radius 2 is 2.07 bits per heavy atom. The van der Waals surface area contributed by atoms with Crippen LogP contribution in [-0.4, -0.2) is 13.1 Å². The van der Waals surface area contributed by atoms with Crippen LogP contribution in [0.5, 0.6) is 0 Å². The van der Waals surface area contributed by atoms with Crippen molar-refractivity contribution in [3.05, 3.63) is 40.3 Å². The zero-order valence-corrected chi connectivity index (χ0v) is 8.34. The minimum absolute atomic E-state index is 0.298. The number of carbonyl (C=O) groups is 1. The molecule has 4 nitrogen and oxygen atoms in total. The number of hydrogen-bond acceptors (Lipinski definition) is 4. The average molecular weight is 205 g/mol. The second-order valence-corrected chi connectivity index (χ2v) is 3.56. The highest BCUT2D eigenvalue weighted by molar-refractivity contribution is 5.80. The zero-order chi connectivity index (χ0) is 10.8. The predicted octanol–water partition coefficient (Wildman–Crippen LogP) is 2.15. The molecule has 2 rings (SSSR count). The zero-order valence-electron chi connectivity index (χ0n) is 8.34. The first kappa shape index (κ1) is 9.83. The summed E-state index contributed by atoms with van der Waals surface area (Å²) < 4.78 is 4.70. The topological polar surface area (TPSA) is 55.7 Å². The van der Waals surface area contributed by atoms with Crippen molar-refractivity contribution in [2.24, 2.45) is 5.18 Å². The SMILES string of the molecule is COC(=O)C1CC(N=O)c2ccccc21. The highest BCUT2D eigenvalue weighted by Gasteiger charge is 2.36. The van der Waals surface area contributed by atoms with Crippen molar-refractivity contribution in [3.8, 4) is 0 Å². The molecule has 1 aliphatic rings. The highest BCUT2D eigenvalue weighted by atomic mass is 16.5. The maximum Gasteiger partial charge on any atom is 0.313 e. The molecule has 0 aromatic heterocycles. The van der Waals surface area contributed by atoms with Gasteiger partial charge in [-0.05, 0) is 17.5 Å². The van der Waals surface area contributed by atoms with E-state index in [-0.39, 0.29) is 11.9 Å². The van der Waals surface area contributed by atoms with Crippen LogP contribution in [0.2, 0.25) is 0 Å². The van der Waals surface area contributed by atoms with Crippen molar-refractivity contribution < 1.29 is 9.53 Å². The van der Waals surface area contributed by atoms with E-state index in [2.05, 4.69) is 5.18 Å². The van der Waals surface area contributed by atoms with Crippen molar-refractivity contribution in [3.63, 3.8) is 0 Å². The molecule has 0 aliphatic heterocycles. The van der Waals surface area contributed by atoms with E-state index in [1.807, 2.05) is 24.3 Å². The molecular formula is C11H11NO3. The molecule has 0 radical (unpaired) electrons. The Hall–Kier alpha value is -1.71. The van der Waals surface area contributed by atoms with Gasteiger partial charge in [-0.25, -0.2) is 0 Å². The van der Waals surface area contributed by atoms with E-state index >= 15 is 0 Å². The smallest absolute Gasteiger partial charge is 0.313 e. The summed E-state index contributed by atoms with van der Waals surface area (Å²) >= 11 is 0. The fraction of sp³-hybridized carbons (Fsp3) is 0.364. The molecule has 2 atom stereocenters. The van der Waals surface area contributed by atoms with Crippen LogP contribution in [0.15, 0.2) is 29.4 Å². The lowest BCUT2D eigenvalue weighted by atomic mass is 10.0. The fourth-order valence-electron chi connectivity index (χ4n) is 2.07. The van der Waals surface area contributed by atoms with Gasteiger partial charge in [0.1, 0.15) is 6.04 Å². The maximum atomic E-state index is 11.5. The summed E-state index contributed by atoms with van der Waals surface area (Å²) in [5.74, 6) is -0.637. The van der Waals surface area contributed by atoms with Gasteiger partial charge in [0.15, 0.2) is 0 Å². The molecule has 1 aromatic rings. The van der Waals surface area contributed by atoms with Crippen LogP contribution in [-0.2, 0) is 9.53 Å². The number of nitroso groups, excluding NO2 is 1. The Bertz CT molecular complexity index is 403. The fourth-order valence-corrected chi connectivity index (χ4v) is 2.07. The van der Waals surface area contributed by atoms with Gasteiger partial charge in [-0.2, -0.15) is 4.91 Å². The monoisotopic (exact) mass is 205 g/mol. The normalized spacial score (nSPS) is 23.3. The Morgan fingerprint density at radius 3 is 2.67 bits per heavy atom. The molecule has 0 bridgehead atoms. The first-order valence-electron chi connectivity index (χ1n) is 4.77. The van der Waals surface area contributed by atoms with Crippen LogP contribution in [0.3, 0.4) is 0 Å². The van der Waals surface area contributed by atoms with Crippen molar-refractivity contribution in [1.82, 2.24) is 0 Å². The highest BCUT2D eigenvalue weighted by Crippen LogP contribution is 2.42. The quantitative estimate of drug-likeness (QED) is 0.549. The average Bonchev–Trinajstić information content (AvgIpc) is 2.67.